The number of nitrogens with one attached hydrogen (secondary N) is 2. The molecule has 0 bridgehead atoms. The number of nitrogens with two attached hydrogens (primary N) is 2. The first-order valence-electron chi connectivity index (χ1n) is 12.6. The Labute approximate surface area is 242 Å². The third kappa shape index (κ3) is 8.18. The first-order chi connectivity index (χ1) is 18.4. The molecule has 0 aliphatic rings. The molecule has 0 amide bonds. The Morgan fingerprint density at radius 3 is 2.69 bits per heavy atom. The Morgan fingerprint density at radius 2 is 2.05 bits per heavy atom. The number of pyridine rings is 2. The van der Waals surface area contributed by atoms with E-state index in [0.29, 0.717) is 62.9 Å². The number of aryl methyl sites for hydroxylation is 1. The summed E-state index contributed by atoms with van der Waals surface area (Å²) in [6.07, 6.45) is 5.06. The number of unbranched alkanes of at least 4 members (excludes halogenated alkanes) is 1. The highest BCUT2D eigenvalue weighted by atomic mass is 79.9. The van der Waals surface area contributed by atoms with Gasteiger partial charge in [-0.25, -0.2) is 10.8 Å². The van der Waals surface area contributed by atoms with Crippen molar-refractivity contribution in [3.8, 4) is 6.07 Å². The normalized spacial score (nSPS) is 12.7. The number of halogens is 3. The van der Waals surface area contributed by atoms with E-state index in [1.54, 1.807) is 30.3 Å². The Bertz CT molecular complexity index is 1380. The minimum Gasteiger partial charge on any atom is -0.399 e. The fourth-order valence-electron chi connectivity index (χ4n) is 4.04. The monoisotopic (exact) mass is 616 g/mol. The van der Waals surface area contributed by atoms with E-state index in [1.807, 2.05) is 6.07 Å². The zero-order valence-electron chi connectivity index (χ0n) is 22.7. The molecular weight excluding hydrogens is 583 g/mol. The van der Waals surface area contributed by atoms with Crippen LogP contribution in [0.5, 0.6) is 0 Å². The smallest absolute Gasteiger partial charge is 0.213 e. The second-order valence-electron chi connectivity index (χ2n) is 10.6. The third-order valence-electron chi connectivity index (χ3n) is 6.00. The van der Waals surface area contributed by atoms with Crippen molar-refractivity contribution >= 4 is 49.8 Å². The molecule has 0 radical (unpaired) electrons. The van der Waals surface area contributed by atoms with Gasteiger partial charge in [0.05, 0.1) is 33.5 Å². The first kappa shape index (κ1) is 30.4. The zero-order valence-corrected chi connectivity index (χ0v) is 25.0. The summed E-state index contributed by atoms with van der Waals surface area (Å²) in [6.45, 7) is 9.29. The number of anilines is 2. The van der Waals surface area contributed by atoms with Crippen molar-refractivity contribution in [2.75, 3.05) is 29.1 Å². The average molecular weight is 618 g/mol. The van der Waals surface area contributed by atoms with Gasteiger partial charge in [0.1, 0.15) is 6.07 Å². The average Bonchev–Trinajstić information content (AvgIpc) is 2.85. The van der Waals surface area contributed by atoms with Crippen LogP contribution in [0.1, 0.15) is 56.5 Å². The number of nitrogens with zero attached hydrogens (tertiary/aromatic N) is 4. The zero-order chi connectivity index (χ0) is 28.7. The molecule has 0 saturated heterocycles. The van der Waals surface area contributed by atoms with Crippen molar-refractivity contribution in [1.82, 2.24) is 15.0 Å². The number of aromatic nitrogens is 2. The second-order valence-corrected chi connectivity index (χ2v) is 11.8. The van der Waals surface area contributed by atoms with Gasteiger partial charge in [0.2, 0.25) is 5.95 Å². The SMILES string of the molecule is Cc1nc(F)ccc1[C@H](Nc1cc(Cl)c2ncc(C#N)c(NCC(C)(C)C)c2c1)/C(N)=C/N(N)CCCCBr. The van der Waals surface area contributed by atoms with E-state index >= 15 is 0 Å². The molecule has 0 aliphatic heterocycles. The molecule has 0 unspecified atom stereocenters. The summed E-state index contributed by atoms with van der Waals surface area (Å²) in [6, 6.07) is 8.20. The largest absolute Gasteiger partial charge is 0.399 e. The molecule has 0 saturated carbocycles. The quantitative estimate of drug-likeness (QED) is 0.0643. The van der Waals surface area contributed by atoms with Crippen molar-refractivity contribution in [1.29, 1.82) is 5.26 Å². The van der Waals surface area contributed by atoms with Gasteiger partial charge in [0.15, 0.2) is 0 Å². The highest BCUT2D eigenvalue weighted by Gasteiger charge is 2.21. The fourth-order valence-corrected chi connectivity index (χ4v) is 4.71. The lowest BCUT2D eigenvalue weighted by molar-refractivity contribution is 0.379. The van der Waals surface area contributed by atoms with E-state index in [-0.39, 0.29) is 5.41 Å². The van der Waals surface area contributed by atoms with E-state index in [2.05, 4.69) is 63.4 Å². The summed E-state index contributed by atoms with van der Waals surface area (Å²) in [7, 11) is 0. The van der Waals surface area contributed by atoms with Crippen LogP contribution in [0.3, 0.4) is 0 Å². The fraction of sp³-hybridized carbons (Fsp3) is 0.393. The van der Waals surface area contributed by atoms with Crippen LogP contribution in [0, 0.1) is 29.6 Å². The molecule has 2 heterocycles. The van der Waals surface area contributed by atoms with Crippen molar-refractivity contribution in [3.63, 3.8) is 0 Å². The Hall–Kier alpha value is -3.13. The maximum absolute atomic E-state index is 13.9. The first-order valence-corrected chi connectivity index (χ1v) is 14.1. The maximum Gasteiger partial charge on any atom is 0.213 e. The molecular formula is C28H35BrClFN8. The van der Waals surface area contributed by atoms with Gasteiger partial charge in [-0.15, -0.1) is 0 Å². The van der Waals surface area contributed by atoms with Crippen molar-refractivity contribution in [3.05, 3.63) is 70.2 Å². The molecule has 6 N–H and O–H groups in total. The Balaban J connectivity index is 2.09. The Morgan fingerprint density at radius 1 is 1.31 bits per heavy atom. The van der Waals surface area contributed by atoms with Gasteiger partial charge in [-0.3, -0.25) is 4.98 Å². The van der Waals surface area contributed by atoms with Gasteiger partial charge in [-0.1, -0.05) is 54.4 Å². The molecule has 1 atom stereocenters. The maximum atomic E-state index is 13.9. The predicted molar refractivity (Wildman–Crippen MR) is 161 cm³/mol. The lowest BCUT2D eigenvalue weighted by atomic mass is 9.96. The standard InChI is InChI=1S/C28H35BrClFN8/c1-17-20(7-8-24(31)37-17)27(23(33)15-39(34)10-6-5-9-29)38-19-11-21-25(36-16-28(2,3)4)18(13-32)14-35-26(21)22(30)12-19/h7-8,11-12,14-15,27,38H,5-6,9-10,16,33-34H2,1-4H3,(H,35,36)/b23-15-/t27-/m0/s1. The van der Waals surface area contributed by atoms with Crippen molar-refractivity contribution in [2.24, 2.45) is 17.0 Å². The van der Waals surface area contributed by atoms with E-state index in [1.165, 1.54) is 12.3 Å². The number of hydrogen-bond acceptors (Lipinski definition) is 8. The minimum absolute atomic E-state index is 0.0258. The number of fused-ring (bicyclic) bond motifs is 1. The molecule has 0 aliphatic carbocycles. The van der Waals surface area contributed by atoms with Crippen LogP contribution in [0.25, 0.3) is 10.9 Å². The summed E-state index contributed by atoms with van der Waals surface area (Å²) >= 11 is 10.1. The molecule has 39 heavy (non-hydrogen) atoms. The molecule has 3 rings (SSSR count). The van der Waals surface area contributed by atoms with Crippen molar-refractivity contribution in [2.45, 2.75) is 46.6 Å². The van der Waals surface area contributed by atoms with Gasteiger partial charge < -0.3 is 21.4 Å². The molecule has 1 aromatic carbocycles. The van der Waals surface area contributed by atoms with Crippen LogP contribution in [0.4, 0.5) is 15.8 Å². The highest BCUT2D eigenvalue weighted by Crippen LogP contribution is 2.36. The van der Waals surface area contributed by atoms with E-state index < -0.39 is 12.0 Å². The number of hydrogen-bond donors (Lipinski definition) is 4. The van der Waals surface area contributed by atoms with Crippen LogP contribution in [0.15, 0.2) is 42.4 Å². The van der Waals surface area contributed by atoms with E-state index in [9.17, 15) is 9.65 Å². The van der Waals surface area contributed by atoms with Crippen LogP contribution in [-0.2, 0) is 0 Å². The number of nitriles is 1. The molecule has 2 aromatic heterocycles. The lowest BCUT2D eigenvalue weighted by Crippen LogP contribution is -2.30. The summed E-state index contributed by atoms with van der Waals surface area (Å²) in [4.78, 5) is 8.42. The lowest BCUT2D eigenvalue weighted by Gasteiger charge is -2.25. The Kier molecular flexibility index (Phi) is 10.4. The molecule has 208 valence electrons. The van der Waals surface area contributed by atoms with Crippen molar-refractivity contribution < 1.29 is 4.39 Å². The summed E-state index contributed by atoms with van der Waals surface area (Å²) < 4.78 is 13.9. The van der Waals surface area contributed by atoms with Crippen LogP contribution in [-0.4, -0.2) is 33.4 Å². The number of benzene rings is 1. The second kappa shape index (κ2) is 13.3. The van der Waals surface area contributed by atoms with Gasteiger partial charge in [-0.2, -0.15) is 9.65 Å². The van der Waals surface area contributed by atoms with Gasteiger partial charge in [-0.05, 0) is 43.4 Å². The summed E-state index contributed by atoms with van der Waals surface area (Å²) in [5.41, 5.74) is 10.4. The number of rotatable bonds is 11. The third-order valence-corrected chi connectivity index (χ3v) is 6.85. The van der Waals surface area contributed by atoms with E-state index in [4.69, 9.17) is 23.2 Å². The van der Waals surface area contributed by atoms with Crippen LogP contribution >= 0.6 is 27.5 Å². The molecule has 3 aromatic rings. The van der Waals surface area contributed by atoms with E-state index in [0.717, 1.165) is 18.2 Å². The highest BCUT2D eigenvalue weighted by molar-refractivity contribution is 9.09. The summed E-state index contributed by atoms with van der Waals surface area (Å²) in [5.74, 6) is 5.62. The molecule has 0 spiro atoms. The predicted octanol–water partition coefficient (Wildman–Crippen LogP) is 6.36. The van der Waals surface area contributed by atoms with Crippen LogP contribution in [0.2, 0.25) is 5.02 Å². The molecule has 0 fully saturated rings. The van der Waals surface area contributed by atoms with Crippen LogP contribution < -0.4 is 22.2 Å². The molecule has 8 nitrogen and oxygen atoms in total. The van der Waals surface area contributed by atoms with Gasteiger partial charge >= 0.3 is 0 Å². The number of hydrazine groups is 1. The van der Waals surface area contributed by atoms with Gasteiger partial charge in [0, 0.05) is 53.1 Å². The topological polar surface area (TPSA) is 129 Å². The molecule has 11 heteroatoms. The number of alkyl halides is 1. The van der Waals surface area contributed by atoms with Gasteiger partial charge in [0.25, 0.3) is 0 Å². The minimum atomic E-state index is -0.591. The summed E-state index contributed by atoms with van der Waals surface area (Å²) in [5, 5.41) is 20.1.